The number of benzene rings is 1. The largest absolute Gasteiger partial charge is 0.493 e. The highest BCUT2D eigenvalue weighted by Crippen LogP contribution is 2.39. The van der Waals surface area contributed by atoms with Gasteiger partial charge in [0, 0.05) is 24.1 Å². The molecule has 0 bridgehead atoms. The summed E-state index contributed by atoms with van der Waals surface area (Å²) in [6, 6.07) is 6.24. The predicted octanol–water partition coefficient (Wildman–Crippen LogP) is 3.02. The van der Waals surface area contributed by atoms with E-state index in [0.29, 0.717) is 17.5 Å². The summed E-state index contributed by atoms with van der Waals surface area (Å²) in [7, 11) is 3.31. The fraction of sp³-hybridized carbons (Fsp3) is 0.333. The van der Waals surface area contributed by atoms with Crippen molar-refractivity contribution in [3.63, 3.8) is 0 Å². The van der Waals surface area contributed by atoms with Crippen LogP contribution in [0.25, 0.3) is 11.4 Å². The van der Waals surface area contributed by atoms with E-state index < -0.39 is 0 Å². The van der Waals surface area contributed by atoms with Crippen LogP contribution in [-0.2, 0) is 12.8 Å². The zero-order valence-corrected chi connectivity index (χ0v) is 13.8. The standard InChI is InChI=1S/C18H20N4O2/c1-23-16-5-3-4-14(17(16)24-2)18-19-8-9-22(18)13-6-7-15-12(10-13)11-20-21-15/h3-5,8-9,11,13H,6-7,10H2,1-2H3,(H,20,21)/t13-/m1/s1. The number of hydrogen-bond donors (Lipinski definition) is 1. The lowest BCUT2D eigenvalue weighted by molar-refractivity contribution is 0.355. The average Bonchev–Trinajstić information content (AvgIpc) is 3.29. The Kier molecular flexibility index (Phi) is 3.72. The molecule has 1 atom stereocenters. The van der Waals surface area contributed by atoms with Crippen LogP contribution < -0.4 is 9.47 Å². The molecule has 0 radical (unpaired) electrons. The highest BCUT2D eigenvalue weighted by atomic mass is 16.5. The first kappa shape index (κ1) is 14.8. The Morgan fingerprint density at radius 1 is 1.25 bits per heavy atom. The number of nitrogens with zero attached hydrogens (tertiary/aromatic N) is 3. The lowest BCUT2D eigenvalue weighted by atomic mass is 9.93. The van der Waals surface area contributed by atoms with Crippen LogP contribution in [0.3, 0.4) is 0 Å². The third-order valence-corrected chi connectivity index (χ3v) is 4.70. The Morgan fingerprint density at radius 2 is 2.17 bits per heavy atom. The van der Waals surface area contributed by atoms with E-state index in [1.54, 1.807) is 14.2 Å². The van der Waals surface area contributed by atoms with E-state index >= 15 is 0 Å². The maximum Gasteiger partial charge on any atom is 0.171 e. The minimum Gasteiger partial charge on any atom is -0.493 e. The van der Waals surface area contributed by atoms with Crippen LogP contribution in [-0.4, -0.2) is 34.0 Å². The third-order valence-electron chi connectivity index (χ3n) is 4.70. The molecule has 0 fully saturated rings. The van der Waals surface area contributed by atoms with Crippen LogP contribution in [0.15, 0.2) is 36.8 Å². The van der Waals surface area contributed by atoms with Gasteiger partial charge in [-0.15, -0.1) is 0 Å². The van der Waals surface area contributed by atoms with Crippen molar-refractivity contribution in [2.24, 2.45) is 0 Å². The number of aryl methyl sites for hydroxylation is 1. The summed E-state index contributed by atoms with van der Waals surface area (Å²) in [4.78, 5) is 4.59. The van der Waals surface area contributed by atoms with Gasteiger partial charge < -0.3 is 14.0 Å². The Bertz CT molecular complexity index is 852. The molecule has 3 aromatic rings. The zero-order valence-electron chi connectivity index (χ0n) is 13.8. The molecule has 0 spiro atoms. The third kappa shape index (κ3) is 2.35. The number of rotatable bonds is 4. The van der Waals surface area contributed by atoms with Crippen molar-refractivity contribution in [3.05, 3.63) is 48.0 Å². The fourth-order valence-corrected chi connectivity index (χ4v) is 3.51. The normalized spacial score (nSPS) is 16.7. The average molecular weight is 324 g/mol. The summed E-state index contributed by atoms with van der Waals surface area (Å²) >= 11 is 0. The molecule has 124 valence electrons. The molecule has 0 saturated heterocycles. The smallest absolute Gasteiger partial charge is 0.171 e. The van der Waals surface area contributed by atoms with E-state index in [2.05, 4.69) is 19.7 Å². The SMILES string of the molecule is COc1cccc(-c2nccn2[C@@H]2CCc3[nH]ncc3C2)c1OC. The van der Waals surface area contributed by atoms with Crippen LogP contribution in [0.1, 0.15) is 23.7 Å². The molecule has 0 unspecified atom stereocenters. The van der Waals surface area contributed by atoms with Gasteiger partial charge in [0.05, 0.1) is 26.0 Å². The summed E-state index contributed by atoms with van der Waals surface area (Å²) in [6.45, 7) is 0. The second-order valence-electron chi connectivity index (χ2n) is 5.97. The van der Waals surface area contributed by atoms with Gasteiger partial charge in [0.2, 0.25) is 0 Å². The van der Waals surface area contributed by atoms with Crippen molar-refractivity contribution >= 4 is 0 Å². The minimum absolute atomic E-state index is 0.364. The number of nitrogens with one attached hydrogen (secondary N) is 1. The van der Waals surface area contributed by atoms with Gasteiger partial charge in [0.25, 0.3) is 0 Å². The number of aromatic amines is 1. The highest BCUT2D eigenvalue weighted by molar-refractivity contribution is 5.69. The first-order valence-corrected chi connectivity index (χ1v) is 8.07. The van der Waals surface area contributed by atoms with E-state index in [1.165, 1.54) is 11.3 Å². The molecule has 0 saturated carbocycles. The topological polar surface area (TPSA) is 65.0 Å². The summed E-state index contributed by atoms with van der Waals surface area (Å²) < 4.78 is 13.2. The van der Waals surface area contributed by atoms with Gasteiger partial charge in [0.1, 0.15) is 5.82 Å². The summed E-state index contributed by atoms with van der Waals surface area (Å²) in [5.41, 5.74) is 3.50. The van der Waals surface area contributed by atoms with Gasteiger partial charge in [0.15, 0.2) is 11.5 Å². The van der Waals surface area contributed by atoms with Crippen LogP contribution in [0.5, 0.6) is 11.5 Å². The Balaban J connectivity index is 1.74. The molecule has 24 heavy (non-hydrogen) atoms. The monoisotopic (exact) mass is 324 g/mol. The highest BCUT2D eigenvalue weighted by Gasteiger charge is 2.25. The summed E-state index contributed by atoms with van der Waals surface area (Å²) in [6.07, 6.45) is 8.85. The molecule has 0 aliphatic heterocycles. The van der Waals surface area contributed by atoms with Crippen LogP contribution >= 0.6 is 0 Å². The zero-order chi connectivity index (χ0) is 16.5. The fourth-order valence-electron chi connectivity index (χ4n) is 3.51. The Morgan fingerprint density at radius 3 is 3.00 bits per heavy atom. The number of para-hydroxylation sites is 1. The lowest BCUT2D eigenvalue weighted by Gasteiger charge is -2.25. The number of fused-ring (bicyclic) bond motifs is 1. The molecule has 1 aromatic carbocycles. The Labute approximate surface area is 140 Å². The molecular formula is C18H20N4O2. The van der Waals surface area contributed by atoms with Crippen molar-refractivity contribution < 1.29 is 9.47 Å². The minimum atomic E-state index is 0.364. The molecule has 1 aliphatic rings. The second-order valence-corrected chi connectivity index (χ2v) is 5.97. The number of ether oxygens (including phenoxy) is 2. The van der Waals surface area contributed by atoms with Gasteiger partial charge in [-0.1, -0.05) is 6.07 Å². The Hall–Kier alpha value is -2.76. The quantitative estimate of drug-likeness (QED) is 0.801. The van der Waals surface area contributed by atoms with Gasteiger partial charge in [-0.25, -0.2) is 4.98 Å². The molecule has 2 aromatic heterocycles. The molecule has 4 rings (SSSR count). The lowest BCUT2D eigenvalue weighted by Crippen LogP contribution is -2.18. The molecule has 1 aliphatic carbocycles. The number of hydrogen-bond acceptors (Lipinski definition) is 4. The number of methoxy groups -OCH3 is 2. The van der Waals surface area contributed by atoms with Gasteiger partial charge in [-0.05, 0) is 37.0 Å². The van der Waals surface area contributed by atoms with Crippen LogP contribution in [0.2, 0.25) is 0 Å². The van der Waals surface area contributed by atoms with Gasteiger partial charge >= 0.3 is 0 Å². The number of aromatic nitrogens is 4. The molecule has 6 nitrogen and oxygen atoms in total. The van der Waals surface area contributed by atoms with E-state index in [9.17, 15) is 0 Å². The van der Waals surface area contributed by atoms with E-state index in [4.69, 9.17) is 9.47 Å². The van der Waals surface area contributed by atoms with E-state index in [-0.39, 0.29) is 0 Å². The first-order chi connectivity index (χ1) is 11.8. The first-order valence-electron chi connectivity index (χ1n) is 8.07. The maximum absolute atomic E-state index is 5.58. The van der Waals surface area contributed by atoms with Crippen LogP contribution in [0.4, 0.5) is 0 Å². The molecular weight excluding hydrogens is 304 g/mol. The molecule has 1 N–H and O–H groups in total. The van der Waals surface area contributed by atoms with E-state index in [0.717, 1.165) is 30.7 Å². The molecule has 2 heterocycles. The maximum atomic E-state index is 5.58. The van der Waals surface area contributed by atoms with Gasteiger partial charge in [-0.3, -0.25) is 5.10 Å². The van der Waals surface area contributed by atoms with Crippen LogP contribution in [0, 0.1) is 0 Å². The molecule has 6 heteroatoms. The number of imidazole rings is 1. The van der Waals surface area contributed by atoms with Crippen molar-refractivity contribution in [1.82, 2.24) is 19.7 Å². The van der Waals surface area contributed by atoms with Crippen molar-refractivity contribution in [2.45, 2.75) is 25.3 Å². The molecule has 0 amide bonds. The van der Waals surface area contributed by atoms with Crippen molar-refractivity contribution in [2.75, 3.05) is 14.2 Å². The summed E-state index contributed by atoms with van der Waals surface area (Å²) in [5, 5.41) is 7.26. The van der Waals surface area contributed by atoms with Crippen molar-refractivity contribution in [3.8, 4) is 22.9 Å². The van der Waals surface area contributed by atoms with Crippen molar-refractivity contribution in [1.29, 1.82) is 0 Å². The van der Waals surface area contributed by atoms with E-state index in [1.807, 2.05) is 36.8 Å². The number of H-pyrrole nitrogens is 1. The second kappa shape index (κ2) is 6.03. The summed E-state index contributed by atoms with van der Waals surface area (Å²) in [5.74, 6) is 2.33. The van der Waals surface area contributed by atoms with Gasteiger partial charge in [-0.2, -0.15) is 5.10 Å². The predicted molar refractivity (Wildman–Crippen MR) is 90.4 cm³/mol.